The van der Waals surface area contributed by atoms with Gasteiger partial charge in [0.2, 0.25) is 17.2 Å². The van der Waals surface area contributed by atoms with Crippen LogP contribution in [0.25, 0.3) is 10.9 Å². The minimum atomic E-state index is -1.38. The summed E-state index contributed by atoms with van der Waals surface area (Å²) >= 11 is 0. The minimum absolute atomic E-state index is 0.0141. The molecule has 7 aromatic rings. The number of hydrogen-bond acceptors (Lipinski definition) is 18. The van der Waals surface area contributed by atoms with Crippen molar-refractivity contribution in [3.05, 3.63) is 182 Å². The number of aryl methyl sites for hydroxylation is 1. The van der Waals surface area contributed by atoms with Crippen molar-refractivity contribution in [1.29, 1.82) is 0 Å². The molecule has 4 heterocycles. The third-order valence-corrected chi connectivity index (χ3v) is 16.0. The Morgan fingerprint density at radius 1 is 0.691 bits per heavy atom. The van der Waals surface area contributed by atoms with Gasteiger partial charge in [-0.2, -0.15) is 0 Å². The van der Waals surface area contributed by atoms with E-state index in [1.807, 2.05) is 0 Å². The molecule has 0 bridgehead atoms. The van der Waals surface area contributed by atoms with Crippen LogP contribution in [0.1, 0.15) is 92.3 Å². The van der Waals surface area contributed by atoms with Crippen LogP contribution < -0.4 is 47.8 Å². The van der Waals surface area contributed by atoms with Crippen molar-refractivity contribution in [2.24, 2.45) is 35.1 Å². The molecule has 7 amide bonds. The molecular weight excluding hydrogens is 1260 g/mol. The Morgan fingerprint density at radius 3 is 1.63 bits per heavy atom. The lowest BCUT2D eigenvalue weighted by Gasteiger charge is -2.35. The Morgan fingerprint density at radius 2 is 1.19 bits per heavy atom. The summed E-state index contributed by atoms with van der Waals surface area (Å²) in [5.41, 5.74) is 11.9. The van der Waals surface area contributed by atoms with Crippen LogP contribution in [0.15, 0.2) is 142 Å². The summed E-state index contributed by atoms with van der Waals surface area (Å²) < 4.78 is 43.2. The fourth-order valence-electron chi connectivity index (χ4n) is 10.5. The van der Waals surface area contributed by atoms with Gasteiger partial charge in [-0.15, -0.1) is 0 Å². The van der Waals surface area contributed by atoms with Gasteiger partial charge >= 0.3 is 30.3 Å². The second-order valence-electron chi connectivity index (χ2n) is 23.0. The van der Waals surface area contributed by atoms with Crippen LogP contribution in [-0.4, -0.2) is 112 Å². The van der Waals surface area contributed by atoms with Crippen LogP contribution in [0, 0.1) is 39.6 Å². The summed E-state index contributed by atoms with van der Waals surface area (Å²) in [6.07, 6.45) is 5.29. The van der Waals surface area contributed by atoms with Gasteiger partial charge < -0.3 is 75.3 Å². The fourth-order valence-corrected chi connectivity index (χ4v) is 10.5. The van der Waals surface area contributed by atoms with Crippen LogP contribution in [0.2, 0.25) is 0 Å². The predicted molar refractivity (Wildman–Crippen MR) is 352 cm³/mol. The molecule has 514 valence electrons. The number of non-ortho nitro benzene ring substituents is 1. The van der Waals surface area contributed by atoms with E-state index in [0.717, 1.165) is 6.07 Å². The number of amides is 7. The Bertz CT molecular complexity index is 3930. The number of Topliss-reactive ketones (excluding diaryl/α,β-unsaturated/α-hetero) is 2. The molecule has 97 heavy (non-hydrogen) atoms. The van der Waals surface area contributed by atoms with Crippen LogP contribution in [-0.2, 0) is 61.3 Å². The van der Waals surface area contributed by atoms with Gasteiger partial charge in [0.25, 0.3) is 5.69 Å². The van der Waals surface area contributed by atoms with Crippen molar-refractivity contribution in [3.8, 4) is 5.75 Å². The molecule has 0 spiro atoms. The van der Waals surface area contributed by atoms with E-state index in [1.165, 1.54) is 41.4 Å². The lowest BCUT2D eigenvalue weighted by atomic mass is 9.89. The topological polar surface area (TPSA) is 400 Å². The maximum absolute atomic E-state index is 15.3. The Kier molecular flexibility index (Phi) is 26.9. The lowest BCUT2D eigenvalue weighted by molar-refractivity contribution is -0.384. The van der Waals surface area contributed by atoms with Gasteiger partial charge in [-0.1, -0.05) is 38.1 Å². The molecule has 1 aliphatic rings. The molecule has 3 aromatic heterocycles. The average molecular weight is 1340 g/mol. The highest BCUT2D eigenvalue weighted by molar-refractivity contribution is 5.97. The predicted octanol–water partition coefficient (Wildman–Crippen LogP) is 9.50. The van der Waals surface area contributed by atoms with Crippen molar-refractivity contribution in [2.45, 2.75) is 91.9 Å². The smallest absolute Gasteiger partial charge is 0.477 e. The van der Waals surface area contributed by atoms with E-state index >= 15 is 4.39 Å². The number of carbonyl (C=O) groups is 9. The first-order valence-electron chi connectivity index (χ1n) is 31.3. The number of ketones is 2. The molecule has 9 N–H and O–H groups in total. The molecule has 1 aliphatic heterocycles. The van der Waals surface area contributed by atoms with E-state index in [0.29, 0.717) is 97.7 Å². The van der Waals surface area contributed by atoms with Crippen LogP contribution in [0.5, 0.6) is 5.75 Å². The quantitative estimate of drug-likeness (QED) is 0.00699. The average Bonchev–Trinajstić information content (AvgIpc) is 1.13. The highest BCUT2D eigenvalue weighted by Crippen LogP contribution is 2.28. The first-order valence-corrected chi connectivity index (χ1v) is 31.3. The molecule has 0 saturated carbocycles. The summed E-state index contributed by atoms with van der Waals surface area (Å²) in [6.45, 7) is 7.24. The van der Waals surface area contributed by atoms with Gasteiger partial charge in [0.05, 0.1) is 28.7 Å². The van der Waals surface area contributed by atoms with Gasteiger partial charge in [-0.05, 0) is 117 Å². The number of carboxylic acid groups (broad SMARTS) is 1. The molecule has 4 atom stereocenters. The van der Waals surface area contributed by atoms with Gasteiger partial charge in [-0.25, -0.2) is 28.4 Å². The molecule has 1 fully saturated rings. The van der Waals surface area contributed by atoms with E-state index < -0.39 is 63.8 Å². The van der Waals surface area contributed by atoms with Crippen molar-refractivity contribution < 1.29 is 80.6 Å². The number of nitrogens with one attached hydrogen (secondary N) is 4. The van der Waals surface area contributed by atoms with E-state index in [-0.39, 0.29) is 110 Å². The van der Waals surface area contributed by atoms with Crippen molar-refractivity contribution in [2.75, 3.05) is 54.8 Å². The van der Waals surface area contributed by atoms with E-state index in [4.69, 9.17) is 34.5 Å². The number of piperazine rings is 1. The molecule has 28 nitrogen and oxygen atoms in total. The number of pyridine rings is 1. The number of nitrogens with two attached hydrogens (primary N) is 2. The summed E-state index contributed by atoms with van der Waals surface area (Å²) in [5, 5.41) is 30.8. The Labute approximate surface area is 555 Å². The summed E-state index contributed by atoms with van der Waals surface area (Å²) in [5.74, 6) is -3.42. The van der Waals surface area contributed by atoms with Crippen molar-refractivity contribution >= 4 is 87.3 Å². The number of nitro groups is 1. The van der Waals surface area contributed by atoms with E-state index in [9.17, 15) is 63.2 Å². The normalized spacial score (nSPS) is 13.1. The highest BCUT2D eigenvalue weighted by Gasteiger charge is 2.29. The van der Waals surface area contributed by atoms with Gasteiger partial charge in [-0.3, -0.25) is 34.1 Å². The zero-order valence-corrected chi connectivity index (χ0v) is 53.7. The number of urea groups is 2. The largest absolute Gasteiger partial charge is 0.514 e. The molecule has 29 heteroatoms. The molecular formula is C68H77FN10O18. The molecule has 0 radical (unpaired) electrons. The SMILES string of the molecule is CCn1cc(C(=O)O)c(=O)c2cc(F)c(N3CCN(C(=O)OCc4ccc(NC(=O)[C@H](CCCNC(N)=O)CC(=O)[C@@H](C)Cc5ccco5)cc4)CC3)cc21.C[C@@H](Cc1ccco1)C(=O)C[C@@H](CCCNC(N)=O)C(=O)Nc1ccc(COC(=O)Oc2ccc([N+](=O)[O-])cc2)cc1. The highest BCUT2D eigenvalue weighted by atomic mass is 19.1. The van der Waals surface area contributed by atoms with Crippen LogP contribution in [0.4, 0.5) is 46.3 Å². The van der Waals surface area contributed by atoms with Crippen molar-refractivity contribution in [1.82, 2.24) is 20.1 Å². The number of benzene rings is 4. The number of ether oxygens (including phenoxy) is 3. The summed E-state index contributed by atoms with van der Waals surface area (Å²) in [7, 11) is 0. The number of carbonyl (C=O) groups excluding carboxylic acids is 8. The third kappa shape index (κ3) is 22.4. The molecule has 0 aliphatic carbocycles. The van der Waals surface area contributed by atoms with E-state index in [2.05, 4.69) is 21.3 Å². The standard InChI is InChI=1S/C39H45FN6O9.C29H32N4O9/c1-3-44-22-30(37(50)51)35(48)29-20-31(40)33(21-32(29)44)45-13-15-46(16-14-45)39(53)55-23-25-8-10-27(11-9-25)43-36(49)26(6-4-12-42-38(41)52)19-34(47)24(2)18-28-7-5-17-54-28;1-19(16-25-5-3-15-40-25)26(34)17-21(4-2-14-31-28(30)36)27(35)32-22-8-6-20(7-9-22)18-41-29(37)42-24-12-10-23(11-13-24)33(38)39/h5,7-11,17,20-22,24,26H,3-4,6,12-16,18-19,23H2,1-2H3,(H,43,49)(H,50,51)(H3,41,42,52);3,5-13,15,19,21H,2,4,14,16-18H2,1H3,(H,32,35)(H3,30,31,36)/t24-,26+;19-,21+/m00/s1. The molecule has 0 unspecified atom stereocenters. The number of carboxylic acids is 1. The number of furan rings is 2. The number of anilines is 3. The Balaban J connectivity index is 0.000000284. The van der Waals surface area contributed by atoms with Crippen molar-refractivity contribution in [3.63, 3.8) is 0 Å². The van der Waals surface area contributed by atoms with Crippen LogP contribution >= 0.6 is 0 Å². The molecule has 4 aromatic carbocycles. The summed E-state index contributed by atoms with van der Waals surface area (Å²) in [4.78, 5) is 137. The van der Waals surface area contributed by atoms with E-state index in [1.54, 1.807) is 116 Å². The zero-order chi connectivity index (χ0) is 70.1. The second kappa shape index (κ2) is 35.8. The molecule has 8 rings (SSSR count). The number of hydrogen-bond donors (Lipinski definition) is 7. The first-order chi connectivity index (χ1) is 46.4. The first kappa shape index (κ1) is 73.0. The Hall–Kier alpha value is -11.4. The summed E-state index contributed by atoms with van der Waals surface area (Å²) in [6, 6.07) is 26.7. The fraction of sp³-hybridized carbons (Fsp3) is 0.353. The number of nitro benzene ring substituents is 1. The number of fused-ring (bicyclic) bond motifs is 1. The van der Waals surface area contributed by atoms with Gasteiger partial charge in [0.15, 0.2) is 0 Å². The zero-order valence-electron chi connectivity index (χ0n) is 53.7. The number of halogens is 1. The maximum Gasteiger partial charge on any atom is 0.514 e. The number of aromatic carboxylic acids is 1. The minimum Gasteiger partial charge on any atom is -0.477 e. The number of aromatic nitrogens is 1. The number of nitrogens with zero attached hydrogens (tertiary/aromatic N) is 4. The monoisotopic (exact) mass is 1340 g/mol. The van der Waals surface area contributed by atoms with Gasteiger partial charge in [0, 0.05) is 130 Å². The maximum atomic E-state index is 15.3. The lowest BCUT2D eigenvalue weighted by Crippen LogP contribution is -2.49. The number of primary amides is 2. The van der Waals surface area contributed by atoms with Gasteiger partial charge in [0.1, 0.15) is 53.4 Å². The third-order valence-electron chi connectivity index (χ3n) is 16.0. The molecule has 1 saturated heterocycles. The van der Waals surface area contributed by atoms with Crippen LogP contribution in [0.3, 0.4) is 0 Å². The number of rotatable bonds is 31. The second-order valence-corrected chi connectivity index (χ2v) is 23.0.